The molecule has 4 aromatic rings. The number of carboxylic acid groups (broad SMARTS) is 1. The lowest BCUT2D eigenvalue weighted by Gasteiger charge is -2.37. The molecule has 2 aromatic heterocycles. The molecule has 0 saturated carbocycles. The van der Waals surface area contributed by atoms with Crippen molar-refractivity contribution in [1.82, 2.24) is 29.8 Å². The summed E-state index contributed by atoms with van der Waals surface area (Å²) in [7, 11) is 0. The number of imidazole rings is 1. The van der Waals surface area contributed by atoms with Crippen LogP contribution in [0.15, 0.2) is 48.5 Å². The number of unbranched alkanes of at least 4 members (excludes halogenated alkanes) is 1. The molecule has 13 nitrogen and oxygen atoms in total. The molecule has 14 heteroatoms. The molecule has 1 aliphatic rings. The van der Waals surface area contributed by atoms with E-state index in [1.165, 1.54) is 0 Å². The number of aryl methyl sites for hydroxylation is 1. The van der Waals surface area contributed by atoms with Gasteiger partial charge in [0.05, 0.1) is 12.3 Å². The van der Waals surface area contributed by atoms with E-state index in [0.717, 1.165) is 46.6 Å². The van der Waals surface area contributed by atoms with E-state index in [1.807, 2.05) is 41.0 Å². The molecule has 5 rings (SSSR count). The maximum absolute atomic E-state index is 11.5. The number of tetrazole rings is 1. The molecule has 5 atom stereocenters. The molecule has 3 heterocycles. The van der Waals surface area contributed by atoms with Crippen molar-refractivity contribution in [3.05, 3.63) is 70.8 Å². The topological polar surface area (TPSA) is 189 Å². The van der Waals surface area contributed by atoms with Crippen molar-refractivity contribution in [2.75, 3.05) is 0 Å². The van der Waals surface area contributed by atoms with E-state index >= 15 is 0 Å². The van der Waals surface area contributed by atoms with E-state index in [2.05, 4.69) is 27.3 Å². The number of benzene rings is 2. The van der Waals surface area contributed by atoms with Gasteiger partial charge in [-0.05, 0) is 28.3 Å². The highest BCUT2D eigenvalue weighted by Crippen LogP contribution is 2.32. The number of rotatable bonds is 10. The molecule has 0 aliphatic carbocycles. The number of aliphatic hydroxyl groups is 4. The second-order valence-electron chi connectivity index (χ2n) is 10.0. The van der Waals surface area contributed by atoms with Crippen LogP contribution in [0.2, 0.25) is 5.15 Å². The maximum atomic E-state index is 11.5. The van der Waals surface area contributed by atoms with Crippen molar-refractivity contribution in [3.8, 4) is 22.5 Å². The lowest BCUT2D eigenvalue weighted by atomic mass is 9.98. The summed E-state index contributed by atoms with van der Waals surface area (Å²) in [5.74, 6) is -0.495. The standard InChI is InChI=1S/C28H31ClN6O7/c1-2-3-8-20-30-25(29)19(14-36)34(20)13-15-9-11-16(12-10-15)17-6-4-5-7-18(17)26-31-33-35(32-26)27-23(39)21(37)22(38)24(42-27)28(40)41/h4-7,9-12,21-24,27,36-39H,2-3,8,13-14H2,1H3,(H,40,41)/t21-,22-,23?,24?,27+/m0/s1. The largest absolute Gasteiger partial charge is 0.479 e. The Bertz CT molecular complexity index is 1540. The smallest absolute Gasteiger partial charge is 0.335 e. The van der Waals surface area contributed by atoms with Crippen LogP contribution < -0.4 is 0 Å². The Kier molecular flexibility index (Phi) is 8.96. The normalized spacial score (nSPS) is 22.4. The summed E-state index contributed by atoms with van der Waals surface area (Å²) in [6.45, 7) is 2.39. The maximum Gasteiger partial charge on any atom is 0.335 e. The van der Waals surface area contributed by atoms with Crippen LogP contribution in [0.1, 0.15) is 43.1 Å². The van der Waals surface area contributed by atoms with E-state index in [9.17, 15) is 30.3 Å². The first-order valence-corrected chi connectivity index (χ1v) is 13.9. The Labute approximate surface area is 245 Å². The van der Waals surface area contributed by atoms with Crippen LogP contribution in [-0.2, 0) is 29.1 Å². The molecule has 0 bridgehead atoms. The Hall–Kier alpha value is -3.72. The van der Waals surface area contributed by atoms with Crippen LogP contribution in [0.4, 0.5) is 0 Å². The minimum atomic E-state index is -1.83. The third-order valence-corrected chi connectivity index (χ3v) is 7.57. The van der Waals surface area contributed by atoms with Gasteiger partial charge in [0.15, 0.2) is 11.3 Å². The third-order valence-electron chi connectivity index (χ3n) is 7.27. The molecule has 2 aromatic carbocycles. The molecule has 1 saturated heterocycles. The molecule has 222 valence electrons. The molecule has 0 radical (unpaired) electrons. The summed E-state index contributed by atoms with van der Waals surface area (Å²) in [6, 6.07) is 15.2. The lowest BCUT2D eigenvalue weighted by molar-refractivity contribution is -0.251. The molecular weight excluding hydrogens is 568 g/mol. The van der Waals surface area contributed by atoms with Gasteiger partial charge in [-0.25, -0.2) is 9.78 Å². The molecular formula is C28H31ClN6O7. The van der Waals surface area contributed by atoms with Crippen LogP contribution in [0, 0.1) is 0 Å². The van der Waals surface area contributed by atoms with Crippen LogP contribution in [0.25, 0.3) is 22.5 Å². The quantitative estimate of drug-likeness (QED) is 0.179. The van der Waals surface area contributed by atoms with E-state index in [1.54, 1.807) is 12.1 Å². The zero-order valence-electron chi connectivity index (χ0n) is 22.7. The Morgan fingerprint density at radius 1 is 1.02 bits per heavy atom. The zero-order valence-corrected chi connectivity index (χ0v) is 23.4. The van der Waals surface area contributed by atoms with Gasteiger partial charge in [-0.1, -0.05) is 73.5 Å². The fraction of sp³-hybridized carbons (Fsp3) is 0.393. The number of carbonyl (C=O) groups is 1. The van der Waals surface area contributed by atoms with Crippen molar-refractivity contribution in [2.24, 2.45) is 0 Å². The summed E-state index contributed by atoms with van der Waals surface area (Å²) in [5, 5.41) is 62.4. The number of aliphatic carboxylic acids is 1. The molecule has 1 fully saturated rings. The van der Waals surface area contributed by atoms with Crippen LogP contribution in [0.3, 0.4) is 0 Å². The summed E-state index contributed by atoms with van der Waals surface area (Å²) in [4.78, 5) is 16.8. The number of hydrogen-bond donors (Lipinski definition) is 5. The van der Waals surface area contributed by atoms with Crippen LogP contribution in [0.5, 0.6) is 0 Å². The highest BCUT2D eigenvalue weighted by atomic mass is 35.5. The van der Waals surface area contributed by atoms with Gasteiger partial charge in [0.2, 0.25) is 12.1 Å². The first-order chi connectivity index (χ1) is 20.2. The van der Waals surface area contributed by atoms with Crippen molar-refractivity contribution >= 4 is 17.6 Å². The van der Waals surface area contributed by atoms with Crippen molar-refractivity contribution in [1.29, 1.82) is 0 Å². The van der Waals surface area contributed by atoms with E-state index < -0.39 is 36.6 Å². The highest BCUT2D eigenvalue weighted by Gasteiger charge is 2.48. The summed E-state index contributed by atoms with van der Waals surface area (Å²) in [6.07, 6.45) is -5.86. The molecule has 0 amide bonds. The van der Waals surface area contributed by atoms with Gasteiger partial charge >= 0.3 is 5.97 Å². The van der Waals surface area contributed by atoms with Gasteiger partial charge in [0, 0.05) is 18.5 Å². The van der Waals surface area contributed by atoms with E-state index in [-0.39, 0.29) is 12.4 Å². The fourth-order valence-corrected chi connectivity index (χ4v) is 5.23. The van der Waals surface area contributed by atoms with Gasteiger partial charge < -0.3 is 34.8 Å². The van der Waals surface area contributed by atoms with E-state index in [4.69, 9.17) is 16.3 Å². The number of hydrogen-bond acceptors (Lipinski definition) is 10. The number of halogens is 1. The lowest BCUT2D eigenvalue weighted by Crippen LogP contribution is -2.58. The molecule has 5 N–H and O–H groups in total. The predicted molar refractivity (Wildman–Crippen MR) is 149 cm³/mol. The van der Waals surface area contributed by atoms with Gasteiger partial charge in [-0.2, -0.15) is 0 Å². The minimum Gasteiger partial charge on any atom is -0.479 e. The fourth-order valence-electron chi connectivity index (χ4n) is 4.97. The Morgan fingerprint density at radius 3 is 2.40 bits per heavy atom. The average Bonchev–Trinajstić information content (AvgIpc) is 3.59. The number of aliphatic hydroxyl groups excluding tert-OH is 4. The van der Waals surface area contributed by atoms with Gasteiger partial charge in [0.25, 0.3) is 0 Å². The van der Waals surface area contributed by atoms with Gasteiger partial charge in [0.1, 0.15) is 24.1 Å². The van der Waals surface area contributed by atoms with Gasteiger partial charge in [-0.15, -0.1) is 15.0 Å². The summed E-state index contributed by atoms with van der Waals surface area (Å²) >= 11 is 6.29. The first-order valence-electron chi connectivity index (χ1n) is 13.5. The predicted octanol–water partition coefficient (Wildman–Crippen LogP) is 1.80. The number of ether oxygens (including phenoxy) is 1. The van der Waals surface area contributed by atoms with E-state index in [0.29, 0.717) is 23.0 Å². The summed E-state index contributed by atoms with van der Waals surface area (Å²) < 4.78 is 7.27. The monoisotopic (exact) mass is 598 g/mol. The number of carboxylic acids is 1. The second-order valence-corrected chi connectivity index (χ2v) is 10.4. The van der Waals surface area contributed by atoms with Crippen LogP contribution in [-0.4, -0.2) is 85.7 Å². The SMILES string of the molecule is CCCCc1nc(Cl)c(CO)n1Cc1ccc(-c2ccccc2-c2nnn([C@@H]3OC(C(=O)O)[C@@H](O)[C@H](O)C3O)n2)cc1. The number of aromatic nitrogens is 6. The van der Waals surface area contributed by atoms with Crippen molar-refractivity contribution in [2.45, 2.75) is 70.0 Å². The van der Waals surface area contributed by atoms with Crippen molar-refractivity contribution < 1.29 is 35.1 Å². The second kappa shape index (κ2) is 12.7. The average molecular weight is 599 g/mol. The summed E-state index contributed by atoms with van der Waals surface area (Å²) in [5.41, 5.74) is 3.83. The first kappa shape index (κ1) is 29.8. The number of nitrogens with zero attached hydrogens (tertiary/aromatic N) is 6. The van der Waals surface area contributed by atoms with Crippen LogP contribution >= 0.6 is 11.6 Å². The third kappa shape index (κ3) is 5.79. The Balaban J connectivity index is 1.40. The molecule has 42 heavy (non-hydrogen) atoms. The highest BCUT2D eigenvalue weighted by molar-refractivity contribution is 6.30. The molecule has 2 unspecified atom stereocenters. The zero-order chi connectivity index (χ0) is 30.0. The van der Waals surface area contributed by atoms with Gasteiger partial charge in [-0.3, -0.25) is 0 Å². The van der Waals surface area contributed by atoms with Crippen molar-refractivity contribution in [3.63, 3.8) is 0 Å². The molecule has 0 spiro atoms. The minimum absolute atomic E-state index is 0.180. The Morgan fingerprint density at radius 2 is 1.74 bits per heavy atom. The molecule has 1 aliphatic heterocycles.